The minimum atomic E-state index is 0.166. The van der Waals surface area contributed by atoms with Crippen molar-refractivity contribution in [2.24, 2.45) is 0 Å². The third-order valence-electron chi connectivity index (χ3n) is 2.24. The van der Waals surface area contributed by atoms with E-state index < -0.39 is 0 Å². The number of carbonyl (C=O) groups is 1. The molecule has 0 aliphatic rings. The first-order chi connectivity index (χ1) is 7.19. The maximum Gasteiger partial charge on any atom is 0.169 e. The van der Waals surface area contributed by atoms with Gasteiger partial charge in [0.05, 0.1) is 9.88 Å². The molecule has 1 aromatic heterocycles. The third kappa shape index (κ3) is 3.34. The molecule has 0 aromatic carbocycles. The fourth-order valence-corrected chi connectivity index (χ4v) is 2.51. The van der Waals surface area contributed by atoms with Gasteiger partial charge in [-0.25, -0.2) is 0 Å². The van der Waals surface area contributed by atoms with Gasteiger partial charge in [0.15, 0.2) is 5.78 Å². The van der Waals surface area contributed by atoms with E-state index >= 15 is 0 Å². The Morgan fingerprint density at radius 1 is 1.27 bits per heavy atom. The van der Waals surface area contributed by atoms with E-state index in [1.165, 1.54) is 5.00 Å². The Balaban J connectivity index is 2.76. The zero-order valence-electron chi connectivity index (χ0n) is 9.75. The van der Waals surface area contributed by atoms with E-state index in [-0.39, 0.29) is 5.78 Å². The predicted octanol–water partition coefficient (Wildman–Crippen LogP) is 3.58. The maximum absolute atomic E-state index is 11.2. The van der Waals surface area contributed by atoms with Crippen LogP contribution in [0, 0.1) is 0 Å². The molecule has 1 aromatic rings. The average Bonchev–Trinajstić information content (AvgIpc) is 2.66. The van der Waals surface area contributed by atoms with E-state index in [0.29, 0.717) is 0 Å². The Hall–Kier alpha value is -0.830. The molecule has 0 bridgehead atoms. The Kier molecular flexibility index (Phi) is 4.82. The van der Waals surface area contributed by atoms with Crippen LogP contribution in [0.4, 0.5) is 5.00 Å². The summed E-state index contributed by atoms with van der Waals surface area (Å²) in [6.07, 6.45) is 2.29. The van der Waals surface area contributed by atoms with E-state index in [9.17, 15) is 4.79 Å². The zero-order valence-corrected chi connectivity index (χ0v) is 10.6. The second-order valence-electron chi connectivity index (χ2n) is 3.68. The molecule has 84 valence electrons. The fourth-order valence-electron chi connectivity index (χ4n) is 1.56. The number of nitrogens with zero attached hydrogens (tertiary/aromatic N) is 1. The molecule has 0 saturated heterocycles. The first kappa shape index (κ1) is 12.2. The molecule has 1 heterocycles. The summed E-state index contributed by atoms with van der Waals surface area (Å²) in [6.45, 7) is 8.14. The molecule has 0 amide bonds. The predicted molar refractivity (Wildman–Crippen MR) is 67.1 cm³/mol. The van der Waals surface area contributed by atoms with Crippen LogP contribution in [0.1, 0.15) is 43.3 Å². The third-order valence-corrected chi connectivity index (χ3v) is 3.48. The van der Waals surface area contributed by atoms with Crippen LogP contribution >= 0.6 is 11.3 Å². The molecule has 15 heavy (non-hydrogen) atoms. The van der Waals surface area contributed by atoms with E-state index in [1.807, 2.05) is 6.07 Å². The number of carbonyl (C=O) groups excluding carboxylic acids is 1. The quantitative estimate of drug-likeness (QED) is 0.690. The van der Waals surface area contributed by atoms with Gasteiger partial charge in [0.25, 0.3) is 0 Å². The fraction of sp³-hybridized carbons (Fsp3) is 0.583. The highest BCUT2D eigenvalue weighted by Crippen LogP contribution is 2.26. The summed E-state index contributed by atoms with van der Waals surface area (Å²) >= 11 is 1.61. The highest BCUT2D eigenvalue weighted by molar-refractivity contribution is 7.18. The number of anilines is 1. The highest BCUT2D eigenvalue weighted by Gasteiger charge is 2.09. The lowest BCUT2D eigenvalue weighted by Crippen LogP contribution is -2.23. The molecule has 1 rings (SSSR count). The monoisotopic (exact) mass is 225 g/mol. The van der Waals surface area contributed by atoms with Gasteiger partial charge in [-0.1, -0.05) is 13.8 Å². The van der Waals surface area contributed by atoms with Crippen LogP contribution < -0.4 is 4.90 Å². The van der Waals surface area contributed by atoms with Gasteiger partial charge >= 0.3 is 0 Å². The first-order valence-corrected chi connectivity index (χ1v) is 6.36. The Bertz CT molecular complexity index is 313. The van der Waals surface area contributed by atoms with Crippen LogP contribution in [0.15, 0.2) is 12.1 Å². The van der Waals surface area contributed by atoms with Gasteiger partial charge in [-0.05, 0) is 31.9 Å². The molecule has 3 heteroatoms. The van der Waals surface area contributed by atoms with Crippen molar-refractivity contribution in [3.63, 3.8) is 0 Å². The molecule has 2 nitrogen and oxygen atoms in total. The normalized spacial score (nSPS) is 10.3. The van der Waals surface area contributed by atoms with Crippen molar-refractivity contribution < 1.29 is 4.79 Å². The molecule has 0 unspecified atom stereocenters. The van der Waals surface area contributed by atoms with E-state index in [0.717, 1.165) is 30.8 Å². The van der Waals surface area contributed by atoms with Gasteiger partial charge < -0.3 is 4.90 Å². The molecular weight excluding hydrogens is 206 g/mol. The number of hydrogen-bond donors (Lipinski definition) is 0. The first-order valence-electron chi connectivity index (χ1n) is 5.54. The van der Waals surface area contributed by atoms with Crippen molar-refractivity contribution in [3.05, 3.63) is 17.0 Å². The van der Waals surface area contributed by atoms with Crippen LogP contribution in [-0.4, -0.2) is 18.9 Å². The minimum Gasteiger partial charge on any atom is -0.363 e. The van der Waals surface area contributed by atoms with Crippen LogP contribution in [0.5, 0.6) is 0 Å². The number of rotatable bonds is 6. The van der Waals surface area contributed by atoms with Gasteiger partial charge in [0.1, 0.15) is 0 Å². The molecule has 0 radical (unpaired) electrons. The summed E-state index contributed by atoms with van der Waals surface area (Å²) in [5, 5.41) is 1.23. The number of hydrogen-bond acceptors (Lipinski definition) is 3. The molecule has 0 atom stereocenters. The zero-order chi connectivity index (χ0) is 11.3. The lowest BCUT2D eigenvalue weighted by molar-refractivity contribution is 0.102. The minimum absolute atomic E-state index is 0.166. The maximum atomic E-state index is 11.2. The number of thiophene rings is 1. The van der Waals surface area contributed by atoms with Crippen molar-refractivity contribution in [1.29, 1.82) is 0 Å². The van der Waals surface area contributed by atoms with E-state index in [4.69, 9.17) is 0 Å². The van der Waals surface area contributed by atoms with Gasteiger partial charge in [0, 0.05) is 13.1 Å². The topological polar surface area (TPSA) is 20.3 Å². The summed E-state index contributed by atoms with van der Waals surface area (Å²) in [4.78, 5) is 14.4. The van der Waals surface area contributed by atoms with Crippen molar-refractivity contribution in [3.8, 4) is 0 Å². The van der Waals surface area contributed by atoms with Crippen molar-refractivity contribution >= 4 is 22.1 Å². The Morgan fingerprint density at radius 2 is 1.87 bits per heavy atom. The molecule has 0 fully saturated rings. The smallest absolute Gasteiger partial charge is 0.169 e. The Morgan fingerprint density at radius 3 is 2.27 bits per heavy atom. The molecule has 0 spiro atoms. The van der Waals surface area contributed by atoms with Gasteiger partial charge in [0.2, 0.25) is 0 Å². The summed E-state index contributed by atoms with van der Waals surface area (Å²) in [7, 11) is 0. The number of ketones is 1. The second-order valence-corrected chi connectivity index (χ2v) is 4.74. The summed E-state index contributed by atoms with van der Waals surface area (Å²) in [5.41, 5.74) is 0. The summed E-state index contributed by atoms with van der Waals surface area (Å²) in [6, 6.07) is 3.99. The van der Waals surface area contributed by atoms with Crippen molar-refractivity contribution in [2.45, 2.75) is 33.6 Å². The van der Waals surface area contributed by atoms with Crippen molar-refractivity contribution in [1.82, 2.24) is 0 Å². The SMILES string of the molecule is CCCN(CCC)c1ccc(C(C)=O)s1. The van der Waals surface area contributed by atoms with Crippen LogP contribution in [-0.2, 0) is 0 Å². The van der Waals surface area contributed by atoms with Crippen LogP contribution in [0.25, 0.3) is 0 Å². The Labute approximate surface area is 95.9 Å². The highest BCUT2D eigenvalue weighted by atomic mass is 32.1. The van der Waals surface area contributed by atoms with Gasteiger partial charge in [-0.3, -0.25) is 4.79 Å². The standard InChI is InChI=1S/C12H19NOS/c1-4-8-13(9-5-2)12-7-6-11(15-12)10(3)14/h6-7H,4-5,8-9H2,1-3H3. The lowest BCUT2D eigenvalue weighted by Gasteiger charge is -2.21. The van der Waals surface area contributed by atoms with Gasteiger partial charge in [-0.2, -0.15) is 0 Å². The lowest BCUT2D eigenvalue weighted by atomic mass is 10.3. The summed E-state index contributed by atoms with van der Waals surface area (Å²) < 4.78 is 0. The van der Waals surface area contributed by atoms with Crippen LogP contribution in [0.3, 0.4) is 0 Å². The largest absolute Gasteiger partial charge is 0.363 e. The summed E-state index contributed by atoms with van der Waals surface area (Å²) in [5.74, 6) is 0.166. The molecule has 0 aliphatic carbocycles. The molecule has 0 aliphatic heterocycles. The van der Waals surface area contributed by atoms with E-state index in [1.54, 1.807) is 18.3 Å². The van der Waals surface area contributed by atoms with Crippen molar-refractivity contribution in [2.75, 3.05) is 18.0 Å². The van der Waals surface area contributed by atoms with Crippen LogP contribution in [0.2, 0.25) is 0 Å². The second kappa shape index (κ2) is 5.91. The molecule has 0 saturated carbocycles. The average molecular weight is 225 g/mol. The van der Waals surface area contributed by atoms with E-state index in [2.05, 4.69) is 24.8 Å². The number of Topliss-reactive ketones (excluding diaryl/α,β-unsaturated/α-hetero) is 1. The van der Waals surface area contributed by atoms with Gasteiger partial charge in [-0.15, -0.1) is 11.3 Å². The molecule has 0 N–H and O–H groups in total. The molecular formula is C12H19NOS.